The molecule has 1 unspecified atom stereocenters. The predicted octanol–water partition coefficient (Wildman–Crippen LogP) is 1.65. The van der Waals surface area contributed by atoms with Gasteiger partial charge in [0.25, 0.3) is 0 Å². The lowest BCUT2D eigenvalue weighted by atomic mass is 10.4. The number of thioether (sulfide) groups is 1. The summed E-state index contributed by atoms with van der Waals surface area (Å²) < 4.78 is 0. The summed E-state index contributed by atoms with van der Waals surface area (Å²) in [5, 5.41) is 6.25. The number of nitrogens with zero attached hydrogens (tertiary/aromatic N) is 2. The van der Waals surface area contributed by atoms with Gasteiger partial charge in [-0.25, -0.2) is 0 Å². The number of rotatable bonds is 6. The van der Waals surface area contributed by atoms with Gasteiger partial charge >= 0.3 is 0 Å². The van der Waals surface area contributed by atoms with Crippen molar-refractivity contribution in [2.45, 2.75) is 19.9 Å². The van der Waals surface area contributed by atoms with Crippen LogP contribution in [0.15, 0.2) is 6.07 Å². The highest BCUT2D eigenvalue weighted by molar-refractivity contribution is 7.99. The van der Waals surface area contributed by atoms with E-state index in [0.717, 1.165) is 23.1 Å². The molecule has 1 heterocycles. The van der Waals surface area contributed by atoms with Crippen LogP contribution in [-0.4, -0.2) is 34.6 Å². The summed E-state index contributed by atoms with van der Waals surface area (Å²) in [6.45, 7) is 4.28. The molecule has 16 heavy (non-hydrogen) atoms. The van der Waals surface area contributed by atoms with E-state index in [1.807, 2.05) is 24.9 Å². The maximum atomic E-state index is 5.60. The maximum Gasteiger partial charge on any atom is 0.223 e. The number of nitrogen functional groups attached to an aromatic ring is 1. The monoisotopic (exact) mass is 241 g/mol. The van der Waals surface area contributed by atoms with Crippen LogP contribution in [0.3, 0.4) is 0 Å². The van der Waals surface area contributed by atoms with Crippen molar-refractivity contribution in [1.29, 1.82) is 0 Å². The van der Waals surface area contributed by atoms with E-state index < -0.39 is 0 Å². The van der Waals surface area contributed by atoms with Gasteiger partial charge in [0.15, 0.2) is 0 Å². The van der Waals surface area contributed by atoms with E-state index in [4.69, 9.17) is 5.73 Å². The third kappa shape index (κ3) is 4.14. The molecule has 4 N–H and O–H groups in total. The zero-order chi connectivity index (χ0) is 12.0. The van der Waals surface area contributed by atoms with E-state index in [0.29, 0.717) is 6.04 Å². The molecule has 0 spiro atoms. The number of aromatic nitrogens is 2. The molecule has 0 aromatic carbocycles. The van der Waals surface area contributed by atoms with Crippen molar-refractivity contribution in [2.75, 3.05) is 34.9 Å². The molecule has 0 saturated carbocycles. The van der Waals surface area contributed by atoms with E-state index in [9.17, 15) is 0 Å². The molecule has 90 valence electrons. The van der Waals surface area contributed by atoms with E-state index in [-0.39, 0.29) is 5.95 Å². The van der Waals surface area contributed by atoms with Crippen LogP contribution in [0.25, 0.3) is 0 Å². The van der Waals surface area contributed by atoms with Crippen LogP contribution in [0.2, 0.25) is 0 Å². The van der Waals surface area contributed by atoms with Crippen molar-refractivity contribution >= 4 is 29.3 Å². The van der Waals surface area contributed by atoms with Crippen LogP contribution >= 0.6 is 11.8 Å². The van der Waals surface area contributed by atoms with E-state index >= 15 is 0 Å². The molecule has 0 fully saturated rings. The Morgan fingerprint density at radius 3 is 2.75 bits per heavy atom. The molecule has 1 aromatic rings. The van der Waals surface area contributed by atoms with Gasteiger partial charge in [-0.1, -0.05) is 6.92 Å². The van der Waals surface area contributed by atoms with Crippen molar-refractivity contribution in [3.63, 3.8) is 0 Å². The lowest BCUT2D eigenvalue weighted by molar-refractivity contribution is 0.900. The van der Waals surface area contributed by atoms with Crippen LogP contribution in [0, 0.1) is 0 Å². The van der Waals surface area contributed by atoms with Crippen molar-refractivity contribution in [3.8, 4) is 0 Å². The highest BCUT2D eigenvalue weighted by Crippen LogP contribution is 2.14. The zero-order valence-electron chi connectivity index (χ0n) is 9.95. The van der Waals surface area contributed by atoms with Gasteiger partial charge in [0, 0.05) is 24.9 Å². The summed E-state index contributed by atoms with van der Waals surface area (Å²) in [7, 11) is 1.81. The molecule has 6 heteroatoms. The number of nitrogens with two attached hydrogens (primary N) is 1. The highest BCUT2D eigenvalue weighted by atomic mass is 32.2. The molecule has 0 bridgehead atoms. The molecule has 0 aliphatic carbocycles. The van der Waals surface area contributed by atoms with Crippen molar-refractivity contribution in [3.05, 3.63) is 6.07 Å². The second kappa shape index (κ2) is 6.42. The maximum absolute atomic E-state index is 5.60. The van der Waals surface area contributed by atoms with Gasteiger partial charge in [0.2, 0.25) is 5.95 Å². The fourth-order valence-electron chi connectivity index (χ4n) is 1.26. The molecule has 1 aromatic heterocycles. The van der Waals surface area contributed by atoms with Gasteiger partial charge in [-0.15, -0.1) is 0 Å². The Balaban J connectivity index is 2.61. The Morgan fingerprint density at radius 1 is 1.44 bits per heavy atom. The first-order valence-electron chi connectivity index (χ1n) is 5.32. The molecule has 5 nitrogen and oxygen atoms in total. The van der Waals surface area contributed by atoms with Crippen molar-refractivity contribution < 1.29 is 0 Å². The Hall–Kier alpha value is -1.17. The Labute approximate surface area is 101 Å². The molecule has 0 amide bonds. The molecule has 0 radical (unpaired) electrons. The number of anilines is 3. The second-order valence-electron chi connectivity index (χ2n) is 3.45. The zero-order valence-corrected chi connectivity index (χ0v) is 10.8. The smallest absolute Gasteiger partial charge is 0.223 e. The van der Waals surface area contributed by atoms with Gasteiger partial charge in [0.1, 0.15) is 11.6 Å². The number of hydrogen-bond acceptors (Lipinski definition) is 6. The second-order valence-corrected chi connectivity index (χ2v) is 4.77. The summed E-state index contributed by atoms with van der Waals surface area (Å²) in [5.74, 6) is 3.95. The molecule has 0 aliphatic heterocycles. The molecule has 0 saturated heterocycles. The van der Waals surface area contributed by atoms with Crippen LogP contribution in [-0.2, 0) is 0 Å². The SMILES string of the molecule is CCSCC(C)Nc1cc(NC)nc(N)n1. The minimum atomic E-state index is 0.282. The quantitative estimate of drug-likeness (QED) is 0.703. The summed E-state index contributed by atoms with van der Waals surface area (Å²) in [4.78, 5) is 8.17. The Bertz CT molecular complexity index is 331. The standard InChI is InChI=1S/C10H19N5S/c1-4-16-6-7(2)13-9-5-8(12-3)14-10(11)15-9/h5,7H,4,6H2,1-3H3,(H4,11,12,13,14,15). The van der Waals surface area contributed by atoms with Gasteiger partial charge in [-0.3, -0.25) is 0 Å². The normalized spacial score (nSPS) is 12.2. The average molecular weight is 241 g/mol. The summed E-state index contributed by atoms with van der Waals surface area (Å²) in [6, 6.07) is 2.22. The first-order chi connectivity index (χ1) is 7.65. The molecule has 1 atom stereocenters. The minimum absolute atomic E-state index is 0.282. The number of hydrogen-bond donors (Lipinski definition) is 3. The van der Waals surface area contributed by atoms with Crippen LogP contribution in [0.5, 0.6) is 0 Å². The average Bonchev–Trinajstić information content (AvgIpc) is 2.25. The molecular weight excluding hydrogens is 222 g/mol. The lowest BCUT2D eigenvalue weighted by Crippen LogP contribution is -2.19. The number of nitrogens with one attached hydrogen (secondary N) is 2. The Kier molecular flexibility index (Phi) is 5.18. The Morgan fingerprint density at radius 2 is 2.12 bits per heavy atom. The van der Waals surface area contributed by atoms with Crippen molar-refractivity contribution in [1.82, 2.24) is 9.97 Å². The summed E-state index contributed by atoms with van der Waals surface area (Å²) >= 11 is 1.90. The largest absolute Gasteiger partial charge is 0.373 e. The van der Waals surface area contributed by atoms with Gasteiger partial charge in [0.05, 0.1) is 0 Å². The molecule has 0 aliphatic rings. The molecular formula is C10H19N5S. The third-order valence-corrected chi connectivity index (χ3v) is 3.11. The summed E-state index contributed by atoms with van der Waals surface area (Å²) in [6.07, 6.45) is 0. The fourth-order valence-corrected chi connectivity index (χ4v) is 1.93. The van der Waals surface area contributed by atoms with Crippen LogP contribution in [0.1, 0.15) is 13.8 Å². The van der Waals surface area contributed by atoms with Crippen LogP contribution in [0.4, 0.5) is 17.6 Å². The minimum Gasteiger partial charge on any atom is -0.373 e. The van der Waals surface area contributed by atoms with E-state index in [2.05, 4.69) is 34.4 Å². The summed E-state index contributed by atoms with van der Waals surface area (Å²) in [5.41, 5.74) is 5.60. The topological polar surface area (TPSA) is 75.9 Å². The highest BCUT2D eigenvalue weighted by Gasteiger charge is 2.05. The predicted molar refractivity (Wildman–Crippen MR) is 72.1 cm³/mol. The van der Waals surface area contributed by atoms with Gasteiger partial charge in [-0.2, -0.15) is 21.7 Å². The van der Waals surface area contributed by atoms with E-state index in [1.54, 1.807) is 0 Å². The van der Waals surface area contributed by atoms with E-state index in [1.165, 1.54) is 0 Å². The van der Waals surface area contributed by atoms with Gasteiger partial charge in [-0.05, 0) is 12.7 Å². The fraction of sp³-hybridized carbons (Fsp3) is 0.600. The molecule has 1 rings (SSSR count). The lowest BCUT2D eigenvalue weighted by Gasteiger charge is -2.14. The van der Waals surface area contributed by atoms with Crippen molar-refractivity contribution in [2.24, 2.45) is 0 Å². The first-order valence-corrected chi connectivity index (χ1v) is 6.47. The first kappa shape index (κ1) is 12.9. The van der Waals surface area contributed by atoms with Gasteiger partial charge < -0.3 is 16.4 Å². The third-order valence-electron chi connectivity index (χ3n) is 1.97. The van der Waals surface area contributed by atoms with Crippen LogP contribution < -0.4 is 16.4 Å².